The molecule has 2 amide bonds. The molecule has 0 saturated heterocycles. The van der Waals surface area contributed by atoms with Crippen molar-refractivity contribution in [2.24, 2.45) is 11.8 Å². The number of carbonyl (C=O) groups is 3. The number of amides is 2. The number of carboxylic acid groups (broad SMARTS) is 1. The minimum Gasteiger partial charge on any atom is -0.481 e. The van der Waals surface area contributed by atoms with E-state index in [1.54, 1.807) is 0 Å². The second-order valence-electron chi connectivity index (χ2n) is 9.67. The van der Waals surface area contributed by atoms with Crippen molar-refractivity contribution in [2.75, 3.05) is 6.61 Å². The van der Waals surface area contributed by atoms with E-state index in [2.05, 4.69) is 34.9 Å². The summed E-state index contributed by atoms with van der Waals surface area (Å²) in [6, 6.07) is 16.0. The van der Waals surface area contributed by atoms with E-state index in [0.29, 0.717) is 32.1 Å². The molecule has 5 rings (SSSR count). The Labute approximate surface area is 198 Å². The monoisotopic (exact) mass is 462 g/mol. The molecule has 0 aromatic heterocycles. The lowest BCUT2D eigenvalue weighted by molar-refractivity contribution is -0.142. The fourth-order valence-corrected chi connectivity index (χ4v) is 5.89. The summed E-state index contributed by atoms with van der Waals surface area (Å²) in [6.07, 6.45) is 3.59. The molecule has 0 spiro atoms. The maximum Gasteiger partial charge on any atom is 0.407 e. The predicted octanol–water partition coefficient (Wildman–Crippen LogP) is 4.06. The van der Waals surface area contributed by atoms with Crippen LogP contribution in [-0.2, 0) is 14.3 Å². The van der Waals surface area contributed by atoms with Gasteiger partial charge in [-0.05, 0) is 54.4 Å². The topological polar surface area (TPSA) is 105 Å². The molecule has 178 valence electrons. The highest BCUT2D eigenvalue weighted by Gasteiger charge is 2.37. The van der Waals surface area contributed by atoms with Crippen molar-refractivity contribution in [3.8, 4) is 11.1 Å². The van der Waals surface area contributed by atoms with Gasteiger partial charge in [-0.15, -0.1) is 0 Å². The highest BCUT2D eigenvalue weighted by atomic mass is 16.5. The van der Waals surface area contributed by atoms with Gasteiger partial charge in [0.1, 0.15) is 6.61 Å². The molecule has 2 aromatic rings. The van der Waals surface area contributed by atoms with Crippen molar-refractivity contribution in [2.45, 2.75) is 56.5 Å². The number of hydrogen-bond acceptors (Lipinski definition) is 4. The SMILES string of the molecule is O=C(NC1CCC(C(=O)NC2CCCC2C(=O)O)C1)OCC1c2ccccc2-c2ccccc21. The van der Waals surface area contributed by atoms with Crippen molar-refractivity contribution >= 4 is 18.0 Å². The molecule has 3 aliphatic rings. The molecule has 2 aromatic carbocycles. The van der Waals surface area contributed by atoms with Crippen molar-refractivity contribution in [1.29, 1.82) is 0 Å². The van der Waals surface area contributed by atoms with Crippen LogP contribution in [0.25, 0.3) is 11.1 Å². The van der Waals surface area contributed by atoms with Crippen LogP contribution >= 0.6 is 0 Å². The van der Waals surface area contributed by atoms with Crippen LogP contribution in [0.3, 0.4) is 0 Å². The predicted molar refractivity (Wildman–Crippen MR) is 126 cm³/mol. The first kappa shape index (κ1) is 22.4. The average molecular weight is 463 g/mol. The summed E-state index contributed by atoms with van der Waals surface area (Å²) in [7, 11) is 0. The number of hydrogen-bond donors (Lipinski definition) is 3. The molecule has 2 fully saturated rings. The first-order chi connectivity index (χ1) is 16.5. The molecular weight excluding hydrogens is 432 g/mol. The number of carbonyl (C=O) groups excluding carboxylic acids is 2. The molecule has 34 heavy (non-hydrogen) atoms. The van der Waals surface area contributed by atoms with Crippen LogP contribution in [0.2, 0.25) is 0 Å². The summed E-state index contributed by atoms with van der Waals surface area (Å²) in [5, 5.41) is 15.2. The van der Waals surface area contributed by atoms with Crippen LogP contribution in [0, 0.1) is 11.8 Å². The Hall–Kier alpha value is -3.35. The second-order valence-corrected chi connectivity index (χ2v) is 9.67. The lowest BCUT2D eigenvalue weighted by Gasteiger charge is -2.20. The van der Waals surface area contributed by atoms with Gasteiger partial charge < -0.3 is 20.5 Å². The fourth-order valence-electron chi connectivity index (χ4n) is 5.89. The van der Waals surface area contributed by atoms with Gasteiger partial charge in [0, 0.05) is 23.9 Å². The first-order valence-corrected chi connectivity index (χ1v) is 12.2. The Kier molecular flexibility index (Phi) is 6.26. The average Bonchev–Trinajstić information content (AvgIpc) is 3.56. The standard InChI is InChI=1S/C27H30N2O5/c30-25(29-24-11-5-10-22(24)26(31)32)16-12-13-17(14-16)28-27(33)34-15-23-20-8-3-1-6-18(20)19-7-2-4-9-21(19)23/h1-4,6-9,16-17,22-24H,5,10-15H2,(H,28,33)(H,29,30)(H,31,32). The van der Waals surface area contributed by atoms with Crippen molar-refractivity contribution in [3.05, 3.63) is 59.7 Å². The van der Waals surface area contributed by atoms with E-state index in [0.717, 1.165) is 6.42 Å². The summed E-state index contributed by atoms with van der Waals surface area (Å²) in [5.74, 6) is -1.65. The summed E-state index contributed by atoms with van der Waals surface area (Å²) in [6.45, 7) is 0.259. The smallest absolute Gasteiger partial charge is 0.407 e. The maximum absolute atomic E-state index is 12.7. The van der Waals surface area contributed by atoms with E-state index in [1.165, 1.54) is 22.3 Å². The van der Waals surface area contributed by atoms with Gasteiger partial charge >= 0.3 is 12.1 Å². The number of ether oxygens (including phenoxy) is 1. The van der Waals surface area contributed by atoms with Gasteiger partial charge in [-0.2, -0.15) is 0 Å². The first-order valence-electron chi connectivity index (χ1n) is 12.2. The Morgan fingerprint density at radius 1 is 0.882 bits per heavy atom. The Balaban J connectivity index is 1.12. The molecule has 7 heteroatoms. The molecule has 4 atom stereocenters. The molecule has 2 saturated carbocycles. The van der Waals surface area contributed by atoms with Gasteiger partial charge in [-0.25, -0.2) is 4.79 Å². The van der Waals surface area contributed by atoms with Gasteiger partial charge in [-0.3, -0.25) is 9.59 Å². The van der Waals surface area contributed by atoms with E-state index in [9.17, 15) is 19.5 Å². The number of nitrogens with one attached hydrogen (secondary N) is 2. The second kappa shape index (κ2) is 9.49. The van der Waals surface area contributed by atoms with Crippen LogP contribution in [0.4, 0.5) is 4.79 Å². The third-order valence-corrected chi connectivity index (χ3v) is 7.63. The molecule has 0 radical (unpaired) electrons. The Morgan fingerprint density at radius 2 is 1.56 bits per heavy atom. The number of rotatable bonds is 6. The Bertz CT molecular complexity index is 1050. The zero-order chi connectivity index (χ0) is 23.7. The zero-order valence-corrected chi connectivity index (χ0v) is 19.0. The van der Waals surface area contributed by atoms with E-state index >= 15 is 0 Å². The van der Waals surface area contributed by atoms with Crippen molar-refractivity contribution < 1.29 is 24.2 Å². The van der Waals surface area contributed by atoms with Crippen LogP contribution < -0.4 is 10.6 Å². The van der Waals surface area contributed by atoms with Crippen LogP contribution in [0.15, 0.2) is 48.5 Å². The summed E-state index contributed by atoms with van der Waals surface area (Å²) >= 11 is 0. The summed E-state index contributed by atoms with van der Waals surface area (Å²) in [4.78, 5) is 36.6. The zero-order valence-electron chi connectivity index (χ0n) is 19.0. The number of alkyl carbamates (subject to hydrolysis) is 1. The summed E-state index contributed by atoms with van der Waals surface area (Å²) in [5.41, 5.74) is 4.70. The minimum atomic E-state index is -0.843. The highest BCUT2D eigenvalue weighted by Crippen LogP contribution is 2.44. The lowest BCUT2D eigenvalue weighted by atomic mass is 9.98. The molecule has 0 aliphatic heterocycles. The van der Waals surface area contributed by atoms with E-state index in [4.69, 9.17) is 4.74 Å². The van der Waals surface area contributed by atoms with Crippen molar-refractivity contribution in [3.63, 3.8) is 0 Å². The third kappa shape index (κ3) is 4.39. The normalized spacial score (nSPS) is 25.4. The van der Waals surface area contributed by atoms with Crippen LogP contribution in [-0.4, -0.2) is 41.8 Å². The third-order valence-electron chi connectivity index (χ3n) is 7.63. The molecule has 0 bridgehead atoms. The molecule has 3 N–H and O–H groups in total. The highest BCUT2D eigenvalue weighted by molar-refractivity contribution is 5.81. The molecular formula is C27H30N2O5. The van der Waals surface area contributed by atoms with E-state index < -0.39 is 18.0 Å². The van der Waals surface area contributed by atoms with Gasteiger partial charge in [0.05, 0.1) is 5.92 Å². The number of fused-ring (bicyclic) bond motifs is 3. The van der Waals surface area contributed by atoms with Gasteiger partial charge in [0.25, 0.3) is 0 Å². The number of benzene rings is 2. The van der Waals surface area contributed by atoms with Gasteiger partial charge in [0.15, 0.2) is 0 Å². The Morgan fingerprint density at radius 3 is 2.24 bits per heavy atom. The van der Waals surface area contributed by atoms with Gasteiger partial charge in [0.2, 0.25) is 5.91 Å². The summed E-state index contributed by atoms with van der Waals surface area (Å²) < 4.78 is 5.63. The van der Waals surface area contributed by atoms with Crippen LogP contribution in [0.5, 0.6) is 0 Å². The number of carboxylic acids is 1. The number of aliphatic carboxylic acids is 1. The molecule has 7 nitrogen and oxygen atoms in total. The molecule has 0 heterocycles. The minimum absolute atomic E-state index is 0.00819. The van der Waals surface area contributed by atoms with E-state index in [1.807, 2.05) is 24.3 Å². The van der Waals surface area contributed by atoms with Crippen molar-refractivity contribution in [1.82, 2.24) is 10.6 Å². The maximum atomic E-state index is 12.7. The fraction of sp³-hybridized carbons (Fsp3) is 0.444. The van der Waals surface area contributed by atoms with Crippen LogP contribution in [0.1, 0.15) is 55.6 Å². The van der Waals surface area contributed by atoms with E-state index in [-0.39, 0.29) is 36.4 Å². The molecule has 4 unspecified atom stereocenters. The quantitative estimate of drug-likeness (QED) is 0.600. The largest absolute Gasteiger partial charge is 0.481 e. The van der Waals surface area contributed by atoms with Gasteiger partial charge in [-0.1, -0.05) is 55.0 Å². The lowest BCUT2D eigenvalue weighted by Crippen LogP contribution is -2.43. The molecule has 3 aliphatic carbocycles.